The molecule has 0 spiro atoms. The normalized spacial score (nSPS) is 11.5. The molecule has 5 heteroatoms. The largest absolute Gasteiger partial charge is 0.492 e. The second-order valence-electron chi connectivity index (χ2n) is 7.02. The Morgan fingerprint density at radius 1 is 1.28 bits per heavy atom. The first kappa shape index (κ1) is 19.3. The molecular weight excluding hydrogens is 316 g/mol. The van der Waals surface area contributed by atoms with E-state index < -0.39 is 0 Å². The Bertz CT molecular complexity index is 732. The molecule has 0 aliphatic rings. The van der Waals surface area contributed by atoms with Gasteiger partial charge in [-0.15, -0.1) is 0 Å². The summed E-state index contributed by atoms with van der Waals surface area (Å²) in [5.41, 5.74) is 2.65. The number of hydrogen-bond acceptors (Lipinski definition) is 4. The predicted octanol–water partition coefficient (Wildman–Crippen LogP) is 3.72. The highest BCUT2D eigenvalue weighted by Crippen LogP contribution is 2.30. The van der Waals surface area contributed by atoms with Crippen LogP contribution in [0.4, 0.5) is 0 Å². The molecule has 1 aromatic heterocycles. The van der Waals surface area contributed by atoms with Crippen molar-refractivity contribution in [3.63, 3.8) is 0 Å². The number of aromatic nitrogens is 1. The van der Waals surface area contributed by atoms with Gasteiger partial charge in [0.1, 0.15) is 12.4 Å². The molecule has 0 radical (unpaired) electrons. The molecule has 0 unspecified atom stereocenters. The Labute approximate surface area is 150 Å². The van der Waals surface area contributed by atoms with Crippen LogP contribution in [-0.4, -0.2) is 49.3 Å². The number of carbonyl (C=O) groups excluding carboxylic acids is 1. The zero-order chi connectivity index (χ0) is 18.6. The fourth-order valence-electron chi connectivity index (χ4n) is 2.96. The molecule has 0 saturated carbocycles. The molecule has 1 heterocycles. The minimum absolute atomic E-state index is 0.266. The zero-order valence-corrected chi connectivity index (χ0v) is 16.3. The molecule has 1 aromatic carbocycles. The van der Waals surface area contributed by atoms with E-state index >= 15 is 0 Å². The Kier molecular flexibility index (Phi) is 6.48. The Morgan fingerprint density at radius 2 is 2.00 bits per heavy atom. The molecule has 0 amide bonds. The molecule has 0 atom stereocenters. The monoisotopic (exact) mass is 346 g/mol. The van der Waals surface area contributed by atoms with Crippen molar-refractivity contribution < 1.29 is 14.3 Å². The fraction of sp³-hybridized carbons (Fsp3) is 0.550. The number of benzene rings is 1. The van der Waals surface area contributed by atoms with Crippen molar-refractivity contribution in [2.75, 3.05) is 33.9 Å². The van der Waals surface area contributed by atoms with Gasteiger partial charge in [0.2, 0.25) is 0 Å². The molecule has 0 N–H and O–H groups in total. The molecule has 25 heavy (non-hydrogen) atoms. The maximum atomic E-state index is 12.5. The third-order valence-corrected chi connectivity index (χ3v) is 4.13. The zero-order valence-electron chi connectivity index (χ0n) is 16.3. The summed E-state index contributed by atoms with van der Waals surface area (Å²) in [4.78, 5) is 14.6. The van der Waals surface area contributed by atoms with Gasteiger partial charge >= 0.3 is 5.97 Å². The molecule has 0 aliphatic heterocycles. The molecule has 138 valence electrons. The highest BCUT2D eigenvalue weighted by molar-refractivity contribution is 6.06. The van der Waals surface area contributed by atoms with Gasteiger partial charge in [0.15, 0.2) is 0 Å². The van der Waals surface area contributed by atoms with Gasteiger partial charge < -0.3 is 18.9 Å². The second kappa shape index (κ2) is 8.39. The highest BCUT2D eigenvalue weighted by Gasteiger charge is 2.21. The number of esters is 1. The number of likely N-dealkylation sites (N-methyl/N-ethyl adjacent to an activating group) is 1. The number of carbonyl (C=O) groups is 1. The van der Waals surface area contributed by atoms with Crippen LogP contribution in [0.1, 0.15) is 36.8 Å². The molecule has 0 bridgehead atoms. The molecule has 0 aliphatic carbocycles. The molecule has 0 saturated heterocycles. The van der Waals surface area contributed by atoms with E-state index in [0.717, 1.165) is 35.4 Å². The van der Waals surface area contributed by atoms with Crippen molar-refractivity contribution >= 4 is 16.9 Å². The van der Waals surface area contributed by atoms with Gasteiger partial charge in [-0.25, -0.2) is 4.79 Å². The van der Waals surface area contributed by atoms with Crippen LogP contribution in [0.25, 0.3) is 10.9 Å². The van der Waals surface area contributed by atoms with Crippen LogP contribution >= 0.6 is 0 Å². The lowest BCUT2D eigenvalue weighted by Gasteiger charge is -2.12. The second-order valence-corrected chi connectivity index (χ2v) is 7.02. The predicted molar refractivity (Wildman–Crippen MR) is 102 cm³/mol. The topological polar surface area (TPSA) is 43.7 Å². The van der Waals surface area contributed by atoms with Crippen LogP contribution in [-0.2, 0) is 11.3 Å². The summed E-state index contributed by atoms with van der Waals surface area (Å²) in [6.45, 7) is 10.9. The lowest BCUT2D eigenvalue weighted by molar-refractivity contribution is 0.0527. The Morgan fingerprint density at radius 3 is 2.60 bits per heavy atom. The van der Waals surface area contributed by atoms with Crippen molar-refractivity contribution in [1.82, 2.24) is 9.47 Å². The SMILES string of the molecule is CCOC(=O)c1c(C)n(CC(C)C)c2ccc(OCCN(C)C)cc12. The number of fused-ring (bicyclic) bond motifs is 1. The summed E-state index contributed by atoms with van der Waals surface area (Å²) in [6.07, 6.45) is 0. The first-order chi connectivity index (χ1) is 11.8. The van der Waals surface area contributed by atoms with Gasteiger partial charge in [0.25, 0.3) is 0 Å². The number of ether oxygens (including phenoxy) is 2. The van der Waals surface area contributed by atoms with Gasteiger partial charge in [-0.3, -0.25) is 0 Å². The maximum Gasteiger partial charge on any atom is 0.340 e. The van der Waals surface area contributed by atoms with Crippen molar-refractivity contribution in [3.05, 3.63) is 29.5 Å². The lowest BCUT2D eigenvalue weighted by atomic mass is 10.1. The average Bonchev–Trinajstić information content (AvgIpc) is 2.78. The summed E-state index contributed by atoms with van der Waals surface area (Å²) >= 11 is 0. The van der Waals surface area contributed by atoms with Crippen molar-refractivity contribution in [2.45, 2.75) is 34.2 Å². The van der Waals surface area contributed by atoms with E-state index in [1.807, 2.05) is 46.1 Å². The smallest absolute Gasteiger partial charge is 0.340 e. The van der Waals surface area contributed by atoms with E-state index in [1.165, 1.54) is 0 Å². The van der Waals surface area contributed by atoms with E-state index in [-0.39, 0.29) is 5.97 Å². The van der Waals surface area contributed by atoms with E-state index in [4.69, 9.17) is 9.47 Å². The van der Waals surface area contributed by atoms with Crippen LogP contribution in [0.2, 0.25) is 0 Å². The van der Waals surface area contributed by atoms with Crippen LogP contribution < -0.4 is 4.74 Å². The number of rotatable bonds is 8. The quantitative estimate of drug-likeness (QED) is 0.683. The van der Waals surface area contributed by atoms with Crippen molar-refractivity contribution in [2.24, 2.45) is 5.92 Å². The first-order valence-corrected chi connectivity index (χ1v) is 8.92. The minimum Gasteiger partial charge on any atom is -0.492 e. The van der Waals surface area contributed by atoms with Gasteiger partial charge in [-0.1, -0.05) is 13.8 Å². The third-order valence-electron chi connectivity index (χ3n) is 4.13. The molecular formula is C20H30N2O3. The lowest BCUT2D eigenvalue weighted by Crippen LogP contribution is -2.19. The number of nitrogens with zero attached hydrogens (tertiary/aromatic N) is 2. The maximum absolute atomic E-state index is 12.5. The van der Waals surface area contributed by atoms with Crippen LogP contribution in [0.5, 0.6) is 5.75 Å². The molecule has 0 fully saturated rings. The summed E-state index contributed by atoms with van der Waals surface area (Å²) in [6, 6.07) is 5.97. The van der Waals surface area contributed by atoms with Gasteiger partial charge in [-0.05, 0) is 52.1 Å². The first-order valence-electron chi connectivity index (χ1n) is 8.92. The molecule has 2 aromatic rings. The minimum atomic E-state index is -0.266. The Balaban J connectivity index is 2.46. The fourth-order valence-corrected chi connectivity index (χ4v) is 2.96. The average molecular weight is 346 g/mol. The summed E-state index contributed by atoms with van der Waals surface area (Å²) < 4.78 is 13.3. The van der Waals surface area contributed by atoms with Crippen LogP contribution in [0.15, 0.2) is 18.2 Å². The van der Waals surface area contributed by atoms with Crippen molar-refractivity contribution in [1.29, 1.82) is 0 Å². The standard InChI is InChI=1S/C20H30N2O3/c1-7-24-20(23)19-15(4)22(13-14(2)3)18-9-8-16(12-17(18)19)25-11-10-21(5)6/h8-9,12,14H,7,10-11,13H2,1-6H3. The van der Waals surface area contributed by atoms with E-state index in [9.17, 15) is 4.79 Å². The third kappa shape index (κ3) is 4.54. The van der Waals surface area contributed by atoms with Crippen LogP contribution in [0.3, 0.4) is 0 Å². The van der Waals surface area contributed by atoms with Gasteiger partial charge in [-0.2, -0.15) is 0 Å². The highest BCUT2D eigenvalue weighted by atomic mass is 16.5. The van der Waals surface area contributed by atoms with E-state index in [2.05, 4.69) is 23.3 Å². The summed E-state index contributed by atoms with van der Waals surface area (Å²) in [5, 5.41) is 0.902. The summed E-state index contributed by atoms with van der Waals surface area (Å²) in [7, 11) is 4.03. The summed E-state index contributed by atoms with van der Waals surface area (Å²) in [5.74, 6) is 1.000. The molecule has 2 rings (SSSR count). The van der Waals surface area contributed by atoms with E-state index in [1.54, 1.807) is 0 Å². The number of hydrogen-bond donors (Lipinski definition) is 0. The Hall–Kier alpha value is -2.01. The van der Waals surface area contributed by atoms with Gasteiger partial charge in [0.05, 0.1) is 12.2 Å². The van der Waals surface area contributed by atoms with Gasteiger partial charge in [0, 0.05) is 29.7 Å². The van der Waals surface area contributed by atoms with E-state index in [0.29, 0.717) is 24.7 Å². The van der Waals surface area contributed by atoms with Crippen molar-refractivity contribution in [3.8, 4) is 5.75 Å². The van der Waals surface area contributed by atoms with Crippen LogP contribution in [0, 0.1) is 12.8 Å². The molecule has 5 nitrogen and oxygen atoms in total.